The van der Waals surface area contributed by atoms with E-state index in [1.807, 2.05) is 12.1 Å². The van der Waals surface area contributed by atoms with Crippen LogP contribution in [0.4, 0.5) is 5.13 Å². The van der Waals surface area contributed by atoms with Crippen molar-refractivity contribution in [1.29, 1.82) is 0 Å². The van der Waals surface area contributed by atoms with Gasteiger partial charge in [0.2, 0.25) is 0 Å². The Morgan fingerprint density at radius 3 is 2.89 bits per heavy atom. The van der Waals surface area contributed by atoms with Gasteiger partial charge in [-0.05, 0) is 11.5 Å². The molecule has 5 N–H and O–H groups in total. The molecule has 2 atom stereocenters. The van der Waals surface area contributed by atoms with Gasteiger partial charge in [-0.2, -0.15) is 0 Å². The van der Waals surface area contributed by atoms with Gasteiger partial charge in [0, 0.05) is 22.8 Å². The molecule has 37 heavy (non-hydrogen) atoms. The molecule has 1 aromatic carbocycles. The molecule has 2 aliphatic heterocycles. The molecule has 12 nitrogen and oxygen atoms in total. The largest absolute Gasteiger partial charge is 0.507 e. The molecule has 2 aromatic heterocycles. The van der Waals surface area contributed by atoms with Crippen molar-refractivity contribution in [2.24, 2.45) is 5.16 Å². The minimum Gasteiger partial charge on any atom is -0.507 e. The number of aliphatic carboxylic acids is 1. The molecule has 4 heterocycles. The van der Waals surface area contributed by atoms with E-state index in [0.717, 1.165) is 16.7 Å². The monoisotopic (exact) mass is 541 g/mol. The second-order valence-corrected chi connectivity index (χ2v) is 10.2. The van der Waals surface area contributed by atoms with Crippen LogP contribution in [0.15, 0.2) is 58.5 Å². The van der Waals surface area contributed by atoms with Crippen LogP contribution in [0.5, 0.6) is 5.75 Å². The lowest BCUT2D eigenvalue weighted by Gasteiger charge is -2.49. The Morgan fingerprint density at radius 2 is 2.19 bits per heavy atom. The van der Waals surface area contributed by atoms with Gasteiger partial charge in [0.25, 0.3) is 11.8 Å². The number of thioether (sulfide) groups is 1. The van der Waals surface area contributed by atoms with Gasteiger partial charge in [-0.25, -0.2) is 14.3 Å². The SMILES string of the molecule is CON=C(C(=O)NC1C(=O)N2C(C(=O)O)=C(C[n+]3ccc4cccc(O)c4c3)CS[C@@H]12)c1csc(N)n1. The van der Waals surface area contributed by atoms with Gasteiger partial charge in [-0.1, -0.05) is 17.3 Å². The molecule has 0 bridgehead atoms. The highest BCUT2D eigenvalue weighted by atomic mass is 32.2. The maximum atomic E-state index is 13.0. The summed E-state index contributed by atoms with van der Waals surface area (Å²) in [7, 11) is 1.27. The van der Waals surface area contributed by atoms with E-state index in [1.54, 1.807) is 34.5 Å². The predicted octanol–water partition coefficient (Wildman–Crippen LogP) is 0.661. The summed E-state index contributed by atoms with van der Waals surface area (Å²) in [4.78, 5) is 48.1. The van der Waals surface area contributed by atoms with E-state index in [9.17, 15) is 24.6 Å². The van der Waals surface area contributed by atoms with Gasteiger partial charge in [0.15, 0.2) is 29.8 Å². The highest BCUT2D eigenvalue weighted by molar-refractivity contribution is 8.00. The highest BCUT2D eigenvalue weighted by Gasteiger charge is 2.54. The molecule has 0 saturated carbocycles. The number of phenolic OH excluding ortho intramolecular Hbond substituents is 1. The van der Waals surface area contributed by atoms with Gasteiger partial charge in [-0.15, -0.1) is 23.1 Å². The standard InChI is InChI=1S/C23H20N6O6S2/c1-35-27-16(14-10-37-23(24)25-14)19(31)26-17-20(32)29-18(22(33)34)12(9-36-21(17)29)7-28-6-5-11-3-2-4-15(30)13(11)8-28/h2-6,8,10,17,21H,7,9H2,1H3,(H4,24,25,26,31,33,34)/p+1/t17?,21-/m0/s1. The maximum Gasteiger partial charge on any atom is 0.352 e. The summed E-state index contributed by atoms with van der Waals surface area (Å²) < 4.78 is 1.76. The van der Waals surface area contributed by atoms with Crippen LogP contribution in [-0.4, -0.2) is 67.9 Å². The normalized spacial score (nSPS) is 19.4. The van der Waals surface area contributed by atoms with E-state index in [0.29, 0.717) is 16.7 Å². The molecule has 0 spiro atoms. The van der Waals surface area contributed by atoms with Crippen molar-refractivity contribution >= 4 is 62.5 Å². The number of anilines is 1. The number of nitrogens with one attached hydrogen (secondary N) is 1. The summed E-state index contributed by atoms with van der Waals surface area (Å²) in [6.45, 7) is 0.211. The number of pyridine rings is 1. The number of rotatable bonds is 7. The first-order chi connectivity index (χ1) is 17.8. The van der Waals surface area contributed by atoms with Crippen molar-refractivity contribution in [2.45, 2.75) is 18.0 Å². The van der Waals surface area contributed by atoms with E-state index in [-0.39, 0.29) is 34.5 Å². The van der Waals surface area contributed by atoms with Crippen molar-refractivity contribution < 1.29 is 34.0 Å². The van der Waals surface area contributed by atoms with Gasteiger partial charge in [0.05, 0.1) is 5.39 Å². The quantitative estimate of drug-likeness (QED) is 0.145. The smallest absolute Gasteiger partial charge is 0.352 e. The van der Waals surface area contributed by atoms with Crippen molar-refractivity contribution in [3.63, 3.8) is 0 Å². The third-order valence-corrected chi connectivity index (χ3v) is 7.94. The summed E-state index contributed by atoms with van der Waals surface area (Å²) in [5.41, 5.74) is 6.13. The average molecular weight is 542 g/mol. The third-order valence-electron chi connectivity index (χ3n) is 5.93. The Morgan fingerprint density at radius 1 is 1.38 bits per heavy atom. The van der Waals surface area contributed by atoms with Crippen LogP contribution in [-0.2, 0) is 25.8 Å². The first-order valence-corrected chi connectivity index (χ1v) is 12.9. The zero-order valence-electron chi connectivity index (χ0n) is 19.3. The van der Waals surface area contributed by atoms with Gasteiger partial charge in [-0.3, -0.25) is 14.5 Å². The fraction of sp³-hybridized carbons (Fsp3) is 0.217. The number of amides is 2. The van der Waals surface area contributed by atoms with Crippen molar-refractivity contribution in [3.05, 3.63) is 59.0 Å². The molecule has 190 valence electrons. The number of nitrogens with two attached hydrogens (primary N) is 1. The number of fused-ring (bicyclic) bond motifs is 2. The Hall–Kier alpha value is -4.17. The van der Waals surface area contributed by atoms with Crippen LogP contribution in [0, 0.1) is 0 Å². The number of nitrogen functional groups attached to an aromatic ring is 1. The number of β-lactam (4-membered cyclic amide) rings is 1. The van der Waals surface area contributed by atoms with E-state index < -0.39 is 29.2 Å². The molecule has 1 unspecified atom stereocenters. The van der Waals surface area contributed by atoms with Gasteiger partial charge < -0.3 is 26.1 Å². The summed E-state index contributed by atoms with van der Waals surface area (Å²) in [6.07, 6.45) is 3.52. The number of carboxylic acids is 1. The molecular weight excluding hydrogens is 520 g/mol. The summed E-state index contributed by atoms with van der Waals surface area (Å²) in [6, 6.07) is 6.06. The second kappa shape index (κ2) is 9.71. The second-order valence-electron chi connectivity index (χ2n) is 8.21. The number of aromatic nitrogens is 2. The van der Waals surface area contributed by atoms with Gasteiger partial charge >= 0.3 is 5.97 Å². The topological polar surface area (TPSA) is 171 Å². The van der Waals surface area contributed by atoms with Crippen LogP contribution in [0.25, 0.3) is 10.8 Å². The highest BCUT2D eigenvalue weighted by Crippen LogP contribution is 2.40. The molecule has 2 aliphatic rings. The van der Waals surface area contributed by atoms with Crippen LogP contribution in [0.1, 0.15) is 5.69 Å². The van der Waals surface area contributed by atoms with Gasteiger partial charge in [0.1, 0.15) is 35.7 Å². The molecule has 0 aliphatic carbocycles. The summed E-state index contributed by atoms with van der Waals surface area (Å²) >= 11 is 2.47. The van der Waals surface area contributed by atoms with Crippen LogP contribution in [0.3, 0.4) is 0 Å². The number of aromatic hydroxyl groups is 1. The minimum absolute atomic E-state index is 0.109. The fourth-order valence-corrected chi connectivity index (χ4v) is 6.15. The maximum absolute atomic E-state index is 13.0. The Kier molecular flexibility index (Phi) is 6.43. The number of benzene rings is 1. The van der Waals surface area contributed by atoms with Crippen LogP contribution in [0.2, 0.25) is 0 Å². The number of hydrogen-bond acceptors (Lipinski definition) is 10. The van der Waals surface area contributed by atoms with E-state index in [4.69, 9.17) is 10.6 Å². The average Bonchev–Trinajstić information content (AvgIpc) is 3.31. The first kappa shape index (κ1) is 24.5. The molecule has 1 saturated heterocycles. The lowest BCUT2D eigenvalue weighted by molar-refractivity contribution is -0.687. The van der Waals surface area contributed by atoms with Crippen molar-refractivity contribution in [1.82, 2.24) is 15.2 Å². The number of thiazole rings is 1. The lowest BCUT2D eigenvalue weighted by Crippen LogP contribution is -2.71. The van der Waals surface area contributed by atoms with Crippen molar-refractivity contribution in [3.8, 4) is 5.75 Å². The number of carboxylic acid groups (broad SMARTS) is 1. The lowest BCUT2D eigenvalue weighted by atomic mass is 10.0. The Balaban J connectivity index is 1.37. The summed E-state index contributed by atoms with van der Waals surface area (Å²) in [5, 5.41) is 29.1. The molecule has 5 rings (SSSR count). The molecule has 1 fully saturated rings. The predicted molar refractivity (Wildman–Crippen MR) is 136 cm³/mol. The Labute approximate surface area is 218 Å². The number of phenols is 1. The number of carbonyl (C=O) groups is 3. The minimum atomic E-state index is -1.23. The van der Waals surface area contributed by atoms with Crippen molar-refractivity contribution in [2.75, 3.05) is 18.6 Å². The number of nitrogens with zero attached hydrogens (tertiary/aromatic N) is 4. The number of hydrogen-bond donors (Lipinski definition) is 4. The number of carbonyl (C=O) groups excluding carboxylic acids is 2. The fourth-order valence-electron chi connectivity index (χ4n) is 4.27. The zero-order valence-corrected chi connectivity index (χ0v) is 21.0. The van der Waals surface area contributed by atoms with Crippen LogP contribution < -0.4 is 15.6 Å². The summed E-state index contributed by atoms with van der Waals surface area (Å²) in [5.74, 6) is -2.02. The number of oxime groups is 1. The van der Waals surface area contributed by atoms with E-state index in [1.165, 1.54) is 23.8 Å². The molecule has 2 amide bonds. The molecule has 3 aromatic rings. The molecule has 14 heteroatoms. The van der Waals surface area contributed by atoms with E-state index in [2.05, 4.69) is 15.5 Å². The Bertz CT molecular complexity index is 1500. The van der Waals surface area contributed by atoms with Crippen LogP contribution >= 0.6 is 23.1 Å². The molecular formula is C23H21N6O6S2+. The first-order valence-electron chi connectivity index (χ1n) is 10.9. The molecule has 0 radical (unpaired) electrons. The zero-order chi connectivity index (χ0) is 26.3. The van der Waals surface area contributed by atoms with E-state index >= 15 is 0 Å². The third kappa shape index (κ3) is 4.44.